The maximum Gasteiger partial charge on any atom is 0.338 e. The number of carboxylic acids is 1. The lowest BCUT2D eigenvalue weighted by Crippen LogP contribution is -2.45. The topological polar surface area (TPSA) is 128 Å². The van der Waals surface area contributed by atoms with Gasteiger partial charge in [0, 0.05) is 59.5 Å². The van der Waals surface area contributed by atoms with Crippen LogP contribution in [0.5, 0.6) is 0 Å². The third kappa shape index (κ3) is 5.19. The van der Waals surface area contributed by atoms with Crippen LogP contribution in [0.1, 0.15) is 27.3 Å². The number of aromatic nitrogens is 4. The van der Waals surface area contributed by atoms with Gasteiger partial charge in [0.15, 0.2) is 0 Å². The molecule has 0 aliphatic carbocycles. The molecule has 5 aromatic rings. The third-order valence-electron chi connectivity index (χ3n) is 7.50. The number of aromatic carboxylic acids is 1. The van der Waals surface area contributed by atoms with E-state index >= 15 is 0 Å². The summed E-state index contributed by atoms with van der Waals surface area (Å²) in [7, 11) is 2.05. The molecule has 0 saturated carbocycles. The summed E-state index contributed by atoms with van der Waals surface area (Å²) in [4.78, 5) is 43.1. The summed E-state index contributed by atoms with van der Waals surface area (Å²) < 4.78 is 2.17. The van der Waals surface area contributed by atoms with E-state index in [1.165, 1.54) is 15.9 Å². The number of benzene rings is 1. The van der Waals surface area contributed by atoms with Gasteiger partial charge in [-0.15, -0.1) is 11.3 Å². The molecule has 0 amide bonds. The number of pyridine rings is 2. The van der Waals surface area contributed by atoms with Crippen molar-refractivity contribution in [3.05, 3.63) is 79.9 Å². The molecule has 1 saturated heterocycles. The number of halogens is 1. The minimum Gasteiger partial charge on any atom is -0.478 e. The second-order valence-electron chi connectivity index (χ2n) is 10.2. The fourth-order valence-corrected chi connectivity index (χ4v) is 6.42. The Bertz CT molecular complexity index is 2100. The van der Waals surface area contributed by atoms with Crippen LogP contribution in [0, 0.1) is 30.1 Å². The molecule has 0 spiro atoms. The molecule has 6 rings (SSSR count). The summed E-state index contributed by atoms with van der Waals surface area (Å²) in [6, 6.07) is 9.31. The van der Waals surface area contributed by atoms with E-state index in [-0.39, 0.29) is 28.6 Å². The first-order valence-corrected chi connectivity index (χ1v) is 14.6. The van der Waals surface area contributed by atoms with E-state index in [0.29, 0.717) is 51.1 Å². The standard InChI is InChI=1S/C31H24ClN7O3S/c1-18-36-25-16-35-29(38-12-10-37(2)11-13-38)23(15-33)26(25)30(40)39(18)9-3-4-19-5-6-20(32)14-22(19)21-7-8-34-27-24(31(41)42)17-43-28(21)27/h5-8,14,16-17H,9-13H2,1-2H3,(H,41,42). The van der Waals surface area contributed by atoms with Gasteiger partial charge in [-0.2, -0.15) is 5.26 Å². The Balaban J connectivity index is 1.40. The van der Waals surface area contributed by atoms with Crippen LogP contribution in [0.2, 0.25) is 5.02 Å². The summed E-state index contributed by atoms with van der Waals surface area (Å²) in [5.41, 5.74) is 2.92. The Morgan fingerprint density at radius 1 is 1.16 bits per heavy atom. The van der Waals surface area contributed by atoms with E-state index in [9.17, 15) is 20.0 Å². The number of carboxylic acid groups (broad SMARTS) is 1. The number of fused-ring (bicyclic) bond motifs is 2. The monoisotopic (exact) mass is 609 g/mol. The fraction of sp³-hybridized carbons (Fsp3) is 0.226. The van der Waals surface area contributed by atoms with Gasteiger partial charge in [-0.1, -0.05) is 23.4 Å². The highest BCUT2D eigenvalue weighted by atomic mass is 35.5. The van der Waals surface area contributed by atoms with E-state index in [2.05, 4.69) is 37.8 Å². The van der Waals surface area contributed by atoms with Gasteiger partial charge >= 0.3 is 5.97 Å². The quantitative estimate of drug-likeness (QED) is 0.295. The van der Waals surface area contributed by atoms with Crippen molar-refractivity contribution < 1.29 is 9.90 Å². The lowest BCUT2D eigenvalue weighted by Gasteiger charge is -2.33. The minimum absolute atomic E-state index is 0.0423. The number of aryl methyl sites for hydroxylation is 1. The van der Waals surface area contributed by atoms with Crippen molar-refractivity contribution in [3.63, 3.8) is 0 Å². The van der Waals surface area contributed by atoms with Crippen molar-refractivity contribution in [3.8, 4) is 29.0 Å². The molecule has 0 radical (unpaired) electrons. The first-order valence-electron chi connectivity index (χ1n) is 13.4. The van der Waals surface area contributed by atoms with Gasteiger partial charge in [0.25, 0.3) is 5.56 Å². The maximum absolute atomic E-state index is 13.8. The third-order valence-corrected chi connectivity index (χ3v) is 8.74. The number of rotatable bonds is 4. The molecule has 1 aliphatic heterocycles. The predicted octanol–water partition coefficient (Wildman–Crippen LogP) is 4.40. The summed E-state index contributed by atoms with van der Waals surface area (Å²) >= 11 is 7.65. The summed E-state index contributed by atoms with van der Waals surface area (Å²) in [6.07, 6.45) is 3.13. The molecule has 1 aliphatic rings. The molecule has 10 nitrogen and oxygen atoms in total. The lowest BCUT2D eigenvalue weighted by atomic mass is 10.00. The summed E-state index contributed by atoms with van der Waals surface area (Å²) in [5, 5.41) is 22.0. The van der Waals surface area contributed by atoms with Gasteiger partial charge in [0.2, 0.25) is 0 Å². The van der Waals surface area contributed by atoms with E-state index in [0.717, 1.165) is 24.2 Å². The van der Waals surface area contributed by atoms with Crippen LogP contribution in [0.25, 0.3) is 32.2 Å². The number of hydrogen-bond donors (Lipinski definition) is 1. The Morgan fingerprint density at radius 2 is 1.95 bits per heavy atom. The van der Waals surface area contributed by atoms with E-state index in [1.807, 2.05) is 11.9 Å². The van der Waals surface area contributed by atoms with Gasteiger partial charge in [-0.05, 0) is 38.2 Å². The maximum atomic E-state index is 13.8. The number of hydrogen-bond acceptors (Lipinski definition) is 9. The van der Waals surface area contributed by atoms with Crippen LogP contribution in [0.4, 0.5) is 5.82 Å². The van der Waals surface area contributed by atoms with Crippen LogP contribution in [-0.2, 0) is 6.54 Å². The zero-order valence-corrected chi connectivity index (χ0v) is 24.8. The number of thiophene rings is 1. The van der Waals surface area contributed by atoms with Crippen LogP contribution >= 0.6 is 22.9 Å². The van der Waals surface area contributed by atoms with Crippen LogP contribution in [-0.4, -0.2) is 68.7 Å². The van der Waals surface area contributed by atoms with Crippen molar-refractivity contribution >= 4 is 55.8 Å². The van der Waals surface area contributed by atoms with E-state index in [4.69, 9.17) is 11.6 Å². The molecule has 214 valence electrons. The number of likely N-dealkylation sites (N-methyl/N-ethyl adjacent to an activating group) is 1. The average Bonchev–Trinajstić information content (AvgIpc) is 3.44. The molecule has 0 atom stereocenters. The van der Waals surface area contributed by atoms with Gasteiger partial charge in [-0.25, -0.2) is 14.8 Å². The SMILES string of the molecule is Cc1nc2cnc(N3CCN(C)CC3)c(C#N)c2c(=O)n1CC#Cc1ccc(Cl)cc1-c1ccnc2c(C(=O)O)csc12. The zero-order valence-electron chi connectivity index (χ0n) is 23.3. The Morgan fingerprint density at radius 3 is 2.70 bits per heavy atom. The summed E-state index contributed by atoms with van der Waals surface area (Å²) in [6.45, 7) is 4.85. The van der Waals surface area contributed by atoms with Crippen LogP contribution < -0.4 is 10.5 Å². The smallest absolute Gasteiger partial charge is 0.338 e. The zero-order chi connectivity index (χ0) is 30.2. The molecule has 0 unspecified atom stereocenters. The lowest BCUT2D eigenvalue weighted by molar-refractivity contribution is 0.0699. The summed E-state index contributed by atoms with van der Waals surface area (Å²) in [5.74, 6) is 6.17. The molecule has 43 heavy (non-hydrogen) atoms. The number of nitriles is 1. The average molecular weight is 610 g/mol. The van der Waals surface area contributed by atoms with Gasteiger partial charge in [0.1, 0.15) is 23.3 Å². The second kappa shape index (κ2) is 11.5. The van der Waals surface area contributed by atoms with Crippen molar-refractivity contribution in [1.29, 1.82) is 5.26 Å². The highest BCUT2D eigenvalue weighted by Gasteiger charge is 2.23. The molecule has 1 aromatic carbocycles. The molecule has 1 fully saturated rings. The molecule has 4 aromatic heterocycles. The van der Waals surface area contributed by atoms with Crippen molar-refractivity contribution in [1.82, 2.24) is 24.4 Å². The molecule has 1 N–H and O–H groups in total. The van der Waals surface area contributed by atoms with E-state index in [1.54, 1.807) is 49.0 Å². The minimum atomic E-state index is -1.04. The van der Waals surface area contributed by atoms with Gasteiger partial charge < -0.3 is 14.9 Å². The van der Waals surface area contributed by atoms with Crippen LogP contribution in [0.15, 0.2) is 46.8 Å². The predicted molar refractivity (Wildman–Crippen MR) is 167 cm³/mol. The number of nitrogens with zero attached hydrogens (tertiary/aromatic N) is 7. The van der Waals surface area contributed by atoms with Gasteiger partial charge in [0.05, 0.1) is 39.4 Å². The van der Waals surface area contributed by atoms with Crippen molar-refractivity contribution in [2.75, 3.05) is 38.1 Å². The Kier molecular flexibility index (Phi) is 7.55. The first kappa shape index (κ1) is 28.3. The normalized spacial score (nSPS) is 13.6. The van der Waals surface area contributed by atoms with E-state index < -0.39 is 5.97 Å². The first-order chi connectivity index (χ1) is 20.8. The Labute approximate surface area is 255 Å². The number of carbonyl (C=O) groups is 1. The number of piperazine rings is 1. The molecule has 0 bridgehead atoms. The second-order valence-corrected chi connectivity index (χ2v) is 11.5. The molecular formula is C31H24ClN7O3S. The largest absolute Gasteiger partial charge is 0.478 e. The van der Waals surface area contributed by atoms with Crippen molar-refractivity contribution in [2.24, 2.45) is 0 Å². The highest BCUT2D eigenvalue weighted by molar-refractivity contribution is 7.18. The molecule has 12 heteroatoms. The van der Waals surface area contributed by atoms with Gasteiger partial charge in [-0.3, -0.25) is 14.3 Å². The van der Waals surface area contributed by atoms with Crippen LogP contribution in [0.3, 0.4) is 0 Å². The molecular weight excluding hydrogens is 586 g/mol. The molecule has 5 heterocycles. The Hall–Kier alpha value is -4.81. The number of anilines is 1. The fourth-order valence-electron chi connectivity index (χ4n) is 5.22. The van der Waals surface area contributed by atoms with Crippen molar-refractivity contribution in [2.45, 2.75) is 13.5 Å². The highest BCUT2D eigenvalue weighted by Crippen LogP contribution is 2.36.